The van der Waals surface area contributed by atoms with E-state index >= 15 is 0 Å². The third-order valence-electron chi connectivity index (χ3n) is 4.82. The van der Waals surface area contributed by atoms with Crippen LogP contribution in [-0.4, -0.2) is 57.4 Å². The van der Waals surface area contributed by atoms with E-state index in [4.69, 9.17) is 10.5 Å². The van der Waals surface area contributed by atoms with E-state index in [0.29, 0.717) is 18.5 Å². The molecule has 1 aliphatic rings. The molecule has 1 fully saturated rings. The van der Waals surface area contributed by atoms with Gasteiger partial charge in [0, 0.05) is 41.1 Å². The van der Waals surface area contributed by atoms with Gasteiger partial charge in [0.15, 0.2) is 0 Å². The number of non-ortho nitro benzene ring substituents is 1. The zero-order valence-electron chi connectivity index (χ0n) is 16.3. The molecule has 164 valence electrons. The first kappa shape index (κ1) is 23.8. The first-order valence-electron chi connectivity index (χ1n) is 9.19. The quantitative estimate of drug-likeness (QED) is 0.262. The Morgan fingerprint density at radius 1 is 1.37 bits per heavy atom. The molecule has 1 saturated heterocycles. The van der Waals surface area contributed by atoms with Gasteiger partial charge in [0.2, 0.25) is 11.8 Å². The number of primary amides is 1. The maximum absolute atomic E-state index is 12.6. The Balaban J connectivity index is 1.98. The SMILES string of the molecule is CC(C(=O)NCC(N)=O)C(S)C1CC(S)CN1C(=O)OCc1ccc([N+](=O)[O-])cc1. The van der Waals surface area contributed by atoms with Crippen molar-refractivity contribution in [3.8, 4) is 0 Å². The third-order valence-corrected chi connectivity index (χ3v) is 5.99. The standard InChI is InChI=1S/C18H24N4O6S2/c1-10(17(24)20-7-15(19)23)16(30)14-6-13(29)8-21(14)18(25)28-9-11-2-4-12(5-3-11)22(26)27/h2-5,10,13-14,16,29-30H,6-9H2,1H3,(H2,19,23)(H,20,24). The Bertz CT molecular complexity index is 806. The van der Waals surface area contributed by atoms with E-state index in [-0.39, 0.29) is 24.1 Å². The fourth-order valence-corrected chi connectivity index (χ4v) is 3.95. The van der Waals surface area contributed by atoms with Crippen LogP contribution in [0.25, 0.3) is 0 Å². The molecule has 4 unspecified atom stereocenters. The first-order valence-corrected chi connectivity index (χ1v) is 10.2. The van der Waals surface area contributed by atoms with Crippen LogP contribution in [-0.2, 0) is 20.9 Å². The van der Waals surface area contributed by atoms with Crippen molar-refractivity contribution in [2.24, 2.45) is 11.7 Å². The lowest BCUT2D eigenvalue weighted by Gasteiger charge is -2.31. The van der Waals surface area contributed by atoms with Crippen LogP contribution in [0.4, 0.5) is 10.5 Å². The fraction of sp³-hybridized carbons (Fsp3) is 0.500. The molecule has 4 atom stereocenters. The molecule has 1 aromatic carbocycles. The highest BCUT2D eigenvalue weighted by Gasteiger charge is 2.41. The second kappa shape index (κ2) is 10.5. The van der Waals surface area contributed by atoms with Crippen LogP contribution >= 0.6 is 25.3 Å². The van der Waals surface area contributed by atoms with Gasteiger partial charge in [0.25, 0.3) is 5.69 Å². The number of likely N-dealkylation sites (tertiary alicyclic amines) is 1. The molecule has 3 N–H and O–H groups in total. The zero-order valence-corrected chi connectivity index (χ0v) is 18.1. The number of nitro benzene ring substituents is 1. The smallest absolute Gasteiger partial charge is 0.410 e. The lowest BCUT2D eigenvalue weighted by molar-refractivity contribution is -0.384. The predicted octanol–water partition coefficient (Wildman–Crippen LogP) is 1.14. The average molecular weight is 457 g/mol. The number of thiol groups is 2. The number of nitrogens with two attached hydrogens (primary N) is 1. The average Bonchev–Trinajstić information content (AvgIpc) is 3.11. The number of benzene rings is 1. The van der Waals surface area contributed by atoms with Gasteiger partial charge in [-0.15, -0.1) is 0 Å². The van der Waals surface area contributed by atoms with Crippen molar-refractivity contribution in [3.05, 3.63) is 39.9 Å². The van der Waals surface area contributed by atoms with Gasteiger partial charge in [0.05, 0.1) is 11.5 Å². The van der Waals surface area contributed by atoms with Crippen LogP contribution in [0.5, 0.6) is 0 Å². The van der Waals surface area contributed by atoms with Gasteiger partial charge in [-0.05, 0) is 24.1 Å². The molecule has 0 aromatic heterocycles. The summed E-state index contributed by atoms with van der Waals surface area (Å²) in [6.45, 7) is 1.66. The molecule has 0 radical (unpaired) electrons. The van der Waals surface area contributed by atoms with Crippen molar-refractivity contribution in [1.29, 1.82) is 0 Å². The van der Waals surface area contributed by atoms with Crippen molar-refractivity contribution >= 4 is 48.9 Å². The molecule has 10 nitrogen and oxygen atoms in total. The van der Waals surface area contributed by atoms with Gasteiger partial charge in [-0.3, -0.25) is 19.7 Å². The number of hydrogen-bond acceptors (Lipinski definition) is 8. The van der Waals surface area contributed by atoms with Crippen molar-refractivity contribution in [3.63, 3.8) is 0 Å². The molecule has 1 aliphatic heterocycles. The maximum Gasteiger partial charge on any atom is 0.410 e. The van der Waals surface area contributed by atoms with E-state index in [1.54, 1.807) is 6.92 Å². The normalized spacial score (nSPS) is 20.3. The van der Waals surface area contributed by atoms with E-state index < -0.39 is 40.0 Å². The van der Waals surface area contributed by atoms with Crippen molar-refractivity contribution in [2.45, 2.75) is 36.5 Å². The molecule has 1 heterocycles. The number of ether oxygens (including phenoxy) is 1. The monoisotopic (exact) mass is 456 g/mol. The lowest BCUT2D eigenvalue weighted by atomic mass is 9.98. The number of hydrogen-bond donors (Lipinski definition) is 4. The molecule has 0 spiro atoms. The Hall–Kier alpha value is -2.47. The van der Waals surface area contributed by atoms with Crippen LogP contribution in [0.2, 0.25) is 0 Å². The van der Waals surface area contributed by atoms with Gasteiger partial charge in [-0.2, -0.15) is 25.3 Å². The van der Waals surface area contributed by atoms with Crippen LogP contribution in [0.15, 0.2) is 24.3 Å². The summed E-state index contributed by atoms with van der Waals surface area (Å²) in [4.78, 5) is 47.4. The Morgan fingerprint density at radius 3 is 2.57 bits per heavy atom. The summed E-state index contributed by atoms with van der Waals surface area (Å²) in [7, 11) is 0. The van der Waals surface area contributed by atoms with Gasteiger partial charge >= 0.3 is 6.09 Å². The van der Waals surface area contributed by atoms with Crippen molar-refractivity contribution < 1.29 is 24.0 Å². The number of rotatable bonds is 8. The van der Waals surface area contributed by atoms with Crippen LogP contribution in [0.1, 0.15) is 18.9 Å². The second-order valence-corrected chi connectivity index (χ2v) is 8.38. The molecule has 0 aliphatic carbocycles. The summed E-state index contributed by atoms with van der Waals surface area (Å²) in [6, 6.07) is 5.31. The number of nitro groups is 1. The van der Waals surface area contributed by atoms with E-state index in [1.807, 2.05) is 0 Å². The van der Waals surface area contributed by atoms with Crippen LogP contribution in [0.3, 0.4) is 0 Å². The van der Waals surface area contributed by atoms with Gasteiger partial charge in [-0.1, -0.05) is 6.92 Å². The molecule has 0 saturated carbocycles. The number of amides is 3. The minimum absolute atomic E-state index is 0.0517. The van der Waals surface area contributed by atoms with E-state index in [1.165, 1.54) is 29.2 Å². The topological polar surface area (TPSA) is 145 Å². The van der Waals surface area contributed by atoms with Crippen LogP contribution in [0, 0.1) is 16.0 Å². The van der Waals surface area contributed by atoms with Gasteiger partial charge in [-0.25, -0.2) is 4.79 Å². The highest BCUT2D eigenvalue weighted by Crippen LogP contribution is 2.31. The molecule has 0 bridgehead atoms. The molecular weight excluding hydrogens is 432 g/mol. The van der Waals surface area contributed by atoms with E-state index in [2.05, 4.69) is 30.6 Å². The molecular formula is C18H24N4O6S2. The number of carbonyl (C=O) groups is 3. The zero-order chi connectivity index (χ0) is 22.4. The number of carbonyl (C=O) groups excluding carboxylic acids is 3. The van der Waals surface area contributed by atoms with Crippen molar-refractivity contribution in [2.75, 3.05) is 13.1 Å². The number of nitrogens with one attached hydrogen (secondary N) is 1. The minimum Gasteiger partial charge on any atom is -0.445 e. The van der Waals surface area contributed by atoms with E-state index in [9.17, 15) is 24.5 Å². The number of nitrogens with zero attached hydrogens (tertiary/aromatic N) is 2. The summed E-state index contributed by atoms with van der Waals surface area (Å²) in [6.07, 6.45) is -0.0594. The molecule has 12 heteroatoms. The first-order chi connectivity index (χ1) is 14.1. The van der Waals surface area contributed by atoms with Crippen molar-refractivity contribution in [1.82, 2.24) is 10.2 Å². The van der Waals surface area contributed by atoms with E-state index in [0.717, 1.165) is 0 Å². The Labute approximate surface area is 184 Å². The third kappa shape index (κ3) is 6.26. The molecule has 30 heavy (non-hydrogen) atoms. The Morgan fingerprint density at radius 2 is 2.00 bits per heavy atom. The summed E-state index contributed by atoms with van der Waals surface area (Å²) >= 11 is 8.99. The van der Waals surface area contributed by atoms with Gasteiger partial charge in [0.1, 0.15) is 6.61 Å². The summed E-state index contributed by atoms with van der Waals surface area (Å²) in [5, 5.41) is 12.5. The lowest BCUT2D eigenvalue weighted by Crippen LogP contribution is -2.47. The predicted molar refractivity (Wildman–Crippen MR) is 115 cm³/mol. The Kier molecular flexibility index (Phi) is 8.35. The minimum atomic E-state index is -0.654. The fourth-order valence-electron chi connectivity index (χ4n) is 3.14. The van der Waals surface area contributed by atoms with Gasteiger partial charge < -0.3 is 20.7 Å². The second-order valence-electron chi connectivity index (χ2n) is 7.05. The highest BCUT2D eigenvalue weighted by atomic mass is 32.1. The highest BCUT2D eigenvalue weighted by molar-refractivity contribution is 7.81. The summed E-state index contributed by atoms with van der Waals surface area (Å²) in [5.74, 6) is -1.64. The summed E-state index contributed by atoms with van der Waals surface area (Å²) < 4.78 is 5.35. The molecule has 3 amide bonds. The largest absolute Gasteiger partial charge is 0.445 e. The van der Waals surface area contributed by atoms with Crippen LogP contribution < -0.4 is 11.1 Å². The summed E-state index contributed by atoms with van der Waals surface area (Å²) in [5.41, 5.74) is 5.59. The molecule has 1 aromatic rings. The maximum atomic E-state index is 12.6. The molecule has 2 rings (SSSR count).